The lowest BCUT2D eigenvalue weighted by Gasteiger charge is -2.15. The van der Waals surface area contributed by atoms with E-state index < -0.39 is 17.4 Å². The Morgan fingerprint density at radius 1 is 1.12 bits per heavy atom. The van der Waals surface area contributed by atoms with E-state index in [0.717, 1.165) is 21.8 Å². The maximum atomic E-state index is 12.8. The first-order chi connectivity index (χ1) is 11.4. The number of thiazole rings is 1. The van der Waals surface area contributed by atoms with E-state index in [1.165, 1.54) is 11.4 Å². The number of nitrogens with zero attached hydrogens (tertiary/aromatic N) is 4. The summed E-state index contributed by atoms with van der Waals surface area (Å²) in [6.07, 6.45) is 0. The van der Waals surface area contributed by atoms with Crippen LogP contribution in [0.25, 0.3) is 4.96 Å². The van der Waals surface area contributed by atoms with E-state index in [0.29, 0.717) is 10.7 Å². The quantitative estimate of drug-likeness (QED) is 0.621. The van der Waals surface area contributed by atoms with Crippen molar-refractivity contribution in [3.8, 4) is 0 Å². The fraction of sp³-hybridized carbons (Fsp3) is 0.133. The van der Waals surface area contributed by atoms with Crippen molar-refractivity contribution in [3.05, 3.63) is 55.4 Å². The Morgan fingerprint density at radius 2 is 1.88 bits per heavy atom. The van der Waals surface area contributed by atoms with Gasteiger partial charge in [-0.2, -0.15) is 14.6 Å². The molecule has 0 radical (unpaired) electrons. The molecule has 4 rings (SSSR count). The second-order valence-electron chi connectivity index (χ2n) is 5.36. The molecule has 1 aliphatic heterocycles. The Labute approximate surface area is 144 Å². The summed E-state index contributed by atoms with van der Waals surface area (Å²) in [7, 11) is 0. The lowest BCUT2D eigenvalue weighted by molar-refractivity contribution is 0.0924. The molecule has 3 heterocycles. The van der Waals surface area contributed by atoms with Gasteiger partial charge in [-0.05, 0) is 31.5 Å². The molecule has 0 atom stereocenters. The minimum absolute atomic E-state index is 0.118. The normalized spacial score (nSPS) is 13.9. The molecule has 120 valence electrons. The van der Waals surface area contributed by atoms with Gasteiger partial charge in [-0.1, -0.05) is 29.0 Å². The van der Waals surface area contributed by atoms with Crippen LogP contribution >= 0.6 is 22.9 Å². The Morgan fingerprint density at radius 3 is 2.58 bits per heavy atom. The molecule has 1 aromatic carbocycles. The summed E-state index contributed by atoms with van der Waals surface area (Å²) < 4.78 is 1.26. The average molecular weight is 361 g/mol. The molecule has 2 amide bonds. The van der Waals surface area contributed by atoms with E-state index in [4.69, 9.17) is 11.6 Å². The molecule has 3 aromatic rings. The molecule has 0 bridgehead atoms. The SMILES string of the molecule is Cc1ccc(N2C(=O)c3sc4nc(=O)c(C)nn4c3C2=O)cc1Cl. The van der Waals surface area contributed by atoms with Crippen LogP contribution in [0.4, 0.5) is 5.69 Å². The van der Waals surface area contributed by atoms with Gasteiger partial charge in [0.25, 0.3) is 17.4 Å². The van der Waals surface area contributed by atoms with Crippen molar-refractivity contribution >= 4 is 45.4 Å². The van der Waals surface area contributed by atoms with Gasteiger partial charge in [0.1, 0.15) is 10.6 Å². The van der Waals surface area contributed by atoms with E-state index in [9.17, 15) is 14.4 Å². The number of benzene rings is 1. The number of carbonyl (C=O) groups is 2. The van der Waals surface area contributed by atoms with Gasteiger partial charge in [0.15, 0.2) is 5.69 Å². The highest BCUT2D eigenvalue weighted by Gasteiger charge is 2.41. The minimum atomic E-state index is -0.515. The number of rotatable bonds is 1. The van der Waals surface area contributed by atoms with Crippen LogP contribution in [0.15, 0.2) is 23.0 Å². The number of hydrogen-bond acceptors (Lipinski definition) is 6. The summed E-state index contributed by atoms with van der Waals surface area (Å²) in [6, 6.07) is 4.97. The van der Waals surface area contributed by atoms with Crippen LogP contribution in [-0.4, -0.2) is 26.4 Å². The molecule has 0 unspecified atom stereocenters. The first-order valence-electron chi connectivity index (χ1n) is 6.94. The predicted molar refractivity (Wildman–Crippen MR) is 89.2 cm³/mol. The first-order valence-corrected chi connectivity index (χ1v) is 8.13. The number of aromatic nitrogens is 3. The number of imide groups is 1. The van der Waals surface area contributed by atoms with Gasteiger partial charge in [0, 0.05) is 5.02 Å². The zero-order valence-corrected chi connectivity index (χ0v) is 14.1. The number of hydrogen-bond donors (Lipinski definition) is 0. The van der Waals surface area contributed by atoms with Crippen molar-refractivity contribution in [1.82, 2.24) is 14.6 Å². The summed E-state index contributed by atoms with van der Waals surface area (Å²) >= 11 is 7.07. The smallest absolute Gasteiger partial charge is 0.267 e. The van der Waals surface area contributed by atoms with Gasteiger partial charge in [0.2, 0.25) is 4.96 Å². The van der Waals surface area contributed by atoms with Crippen molar-refractivity contribution in [2.24, 2.45) is 0 Å². The zero-order valence-electron chi connectivity index (χ0n) is 12.5. The van der Waals surface area contributed by atoms with E-state index in [1.807, 2.05) is 6.92 Å². The Kier molecular flexibility index (Phi) is 3.09. The van der Waals surface area contributed by atoms with Crippen LogP contribution in [0.5, 0.6) is 0 Å². The van der Waals surface area contributed by atoms with Crippen LogP contribution in [0.3, 0.4) is 0 Å². The summed E-state index contributed by atoms with van der Waals surface area (Å²) in [4.78, 5) is 42.4. The highest BCUT2D eigenvalue weighted by molar-refractivity contribution is 7.19. The molecule has 0 N–H and O–H groups in total. The molecule has 0 fully saturated rings. The van der Waals surface area contributed by atoms with Crippen molar-refractivity contribution in [2.45, 2.75) is 13.8 Å². The zero-order chi connectivity index (χ0) is 17.2. The van der Waals surface area contributed by atoms with Crippen molar-refractivity contribution in [1.29, 1.82) is 0 Å². The molecule has 24 heavy (non-hydrogen) atoms. The maximum absolute atomic E-state index is 12.8. The largest absolute Gasteiger partial charge is 0.295 e. The third-order valence-corrected chi connectivity index (χ3v) is 5.20. The summed E-state index contributed by atoms with van der Waals surface area (Å²) in [5.74, 6) is -0.990. The third-order valence-electron chi connectivity index (χ3n) is 3.77. The van der Waals surface area contributed by atoms with Crippen molar-refractivity contribution in [2.75, 3.05) is 4.90 Å². The number of anilines is 1. The van der Waals surface area contributed by atoms with Gasteiger partial charge < -0.3 is 0 Å². The molecule has 0 aliphatic carbocycles. The van der Waals surface area contributed by atoms with Crippen LogP contribution in [-0.2, 0) is 0 Å². The molecule has 0 spiro atoms. The van der Waals surface area contributed by atoms with E-state index >= 15 is 0 Å². The minimum Gasteiger partial charge on any atom is -0.267 e. The Bertz CT molecular complexity index is 1120. The number of amides is 2. The molecular formula is C15H9ClN4O3S. The number of carbonyl (C=O) groups excluding carboxylic acids is 2. The highest BCUT2D eigenvalue weighted by Crippen LogP contribution is 2.34. The van der Waals surface area contributed by atoms with Crippen LogP contribution in [0, 0.1) is 13.8 Å². The second-order valence-corrected chi connectivity index (χ2v) is 6.74. The van der Waals surface area contributed by atoms with Gasteiger partial charge in [-0.25, -0.2) is 4.90 Å². The standard InChI is InChI=1S/C15H9ClN4O3S/c1-6-3-4-8(5-9(6)16)19-13(22)10-11(14(19)23)24-15-17-12(21)7(2)18-20(10)15/h3-5H,1-2H3. The third kappa shape index (κ3) is 1.93. The topological polar surface area (TPSA) is 84.6 Å². The van der Waals surface area contributed by atoms with Crippen LogP contribution in [0.1, 0.15) is 31.4 Å². The van der Waals surface area contributed by atoms with Crippen molar-refractivity contribution in [3.63, 3.8) is 0 Å². The lowest BCUT2D eigenvalue weighted by Crippen LogP contribution is -2.30. The molecule has 0 saturated heterocycles. The maximum Gasteiger partial charge on any atom is 0.295 e. The van der Waals surface area contributed by atoms with Gasteiger partial charge in [-0.3, -0.25) is 14.4 Å². The van der Waals surface area contributed by atoms with E-state index in [2.05, 4.69) is 10.1 Å². The average Bonchev–Trinajstić information content (AvgIpc) is 3.00. The van der Waals surface area contributed by atoms with Gasteiger partial charge >= 0.3 is 0 Å². The molecule has 0 saturated carbocycles. The molecule has 7 nitrogen and oxygen atoms in total. The van der Waals surface area contributed by atoms with Gasteiger partial charge in [-0.15, -0.1) is 0 Å². The van der Waals surface area contributed by atoms with E-state index in [-0.39, 0.29) is 21.2 Å². The fourth-order valence-corrected chi connectivity index (χ4v) is 3.64. The highest BCUT2D eigenvalue weighted by atomic mass is 35.5. The predicted octanol–water partition coefficient (Wildman–Crippen LogP) is 2.22. The number of fused-ring (bicyclic) bond motifs is 3. The molecular weight excluding hydrogens is 352 g/mol. The van der Waals surface area contributed by atoms with E-state index in [1.54, 1.807) is 18.2 Å². The van der Waals surface area contributed by atoms with Crippen LogP contribution in [0.2, 0.25) is 5.02 Å². The Hall–Kier alpha value is -2.58. The summed E-state index contributed by atoms with van der Waals surface area (Å²) in [5, 5.41) is 4.54. The van der Waals surface area contributed by atoms with Crippen LogP contribution < -0.4 is 10.5 Å². The Balaban J connectivity index is 1.91. The lowest BCUT2D eigenvalue weighted by atomic mass is 10.2. The van der Waals surface area contributed by atoms with Gasteiger partial charge in [0.05, 0.1) is 5.69 Å². The van der Waals surface area contributed by atoms with Crippen molar-refractivity contribution < 1.29 is 9.59 Å². The fourth-order valence-electron chi connectivity index (χ4n) is 2.49. The molecule has 2 aromatic heterocycles. The summed E-state index contributed by atoms with van der Waals surface area (Å²) in [5.41, 5.74) is 1.04. The molecule has 1 aliphatic rings. The molecule has 9 heteroatoms. The summed E-state index contributed by atoms with van der Waals surface area (Å²) in [6.45, 7) is 3.34. The number of aryl methyl sites for hydroxylation is 2. The first kappa shape index (κ1) is 15.0. The second kappa shape index (κ2) is 4.96. The monoisotopic (exact) mass is 360 g/mol. The number of halogens is 1.